The number of benzene rings is 1. The minimum Gasteiger partial charge on any atom is -0.394 e. The molecule has 0 saturated carbocycles. The number of hydrogen-bond acceptors (Lipinski definition) is 4. The van der Waals surface area contributed by atoms with E-state index in [-0.39, 0.29) is 24.3 Å². The van der Waals surface area contributed by atoms with Crippen molar-refractivity contribution in [3.63, 3.8) is 0 Å². The van der Waals surface area contributed by atoms with E-state index in [1.54, 1.807) is 0 Å². The van der Waals surface area contributed by atoms with Gasteiger partial charge in [-0.2, -0.15) is 0 Å². The van der Waals surface area contributed by atoms with Crippen molar-refractivity contribution >= 4 is 5.82 Å². The predicted molar refractivity (Wildman–Crippen MR) is 74.4 cm³/mol. The fourth-order valence-corrected chi connectivity index (χ4v) is 2.66. The summed E-state index contributed by atoms with van der Waals surface area (Å²) in [5.74, 6) is 0.735. The van der Waals surface area contributed by atoms with E-state index < -0.39 is 6.43 Å². The van der Waals surface area contributed by atoms with Gasteiger partial charge < -0.3 is 10.0 Å². The Bertz CT molecular complexity index is 592. The monoisotopic (exact) mass is 291 g/mol. The van der Waals surface area contributed by atoms with Crippen LogP contribution in [0.2, 0.25) is 0 Å². The normalized spacial score (nSPS) is 21.4. The Kier molecular flexibility index (Phi) is 3.79. The molecule has 0 unspecified atom stereocenters. The first-order valence-electron chi connectivity index (χ1n) is 6.73. The molecule has 1 fully saturated rings. The van der Waals surface area contributed by atoms with Crippen molar-refractivity contribution in [3.8, 4) is 0 Å². The van der Waals surface area contributed by atoms with Crippen LogP contribution in [-0.4, -0.2) is 34.3 Å². The maximum atomic E-state index is 12.5. The first kappa shape index (κ1) is 13.9. The van der Waals surface area contributed by atoms with Gasteiger partial charge in [0.15, 0.2) is 0 Å². The highest BCUT2D eigenvalue weighted by Gasteiger charge is 2.40. The molecule has 0 aliphatic carbocycles. The maximum absolute atomic E-state index is 12.5. The van der Waals surface area contributed by atoms with Crippen LogP contribution in [0, 0.1) is 0 Å². The zero-order valence-corrected chi connectivity index (χ0v) is 11.2. The fourth-order valence-electron chi connectivity index (χ4n) is 2.66. The SMILES string of the molecule is OC[C@@H]1[C@@H](c2ccccc2)CN1c1cnc(C(F)F)cn1. The first-order valence-corrected chi connectivity index (χ1v) is 6.73. The van der Waals surface area contributed by atoms with E-state index in [1.807, 2.05) is 35.2 Å². The number of anilines is 1. The molecule has 0 radical (unpaired) electrons. The van der Waals surface area contributed by atoms with Crippen LogP contribution in [0.1, 0.15) is 23.6 Å². The highest BCUT2D eigenvalue weighted by Crippen LogP contribution is 2.36. The second kappa shape index (κ2) is 5.73. The van der Waals surface area contributed by atoms with E-state index in [9.17, 15) is 13.9 Å². The molecule has 6 heteroatoms. The molecule has 1 aliphatic heterocycles. The highest BCUT2D eigenvalue weighted by molar-refractivity contribution is 5.46. The van der Waals surface area contributed by atoms with Crippen molar-refractivity contribution in [2.45, 2.75) is 18.4 Å². The summed E-state index contributed by atoms with van der Waals surface area (Å²) in [6.45, 7) is 0.676. The zero-order valence-electron chi connectivity index (χ0n) is 11.2. The van der Waals surface area contributed by atoms with Crippen molar-refractivity contribution in [3.05, 3.63) is 54.0 Å². The lowest BCUT2D eigenvalue weighted by atomic mass is 9.83. The topological polar surface area (TPSA) is 49.2 Å². The van der Waals surface area contributed by atoms with Crippen molar-refractivity contribution in [1.29, 1.82) is 0 Å². The van der Waals surface area contributed by atoms with Gasteiger partial charge in [-0.25, -0.2) is 18.7 Å². The molecule has 0 spiro atoms. The summed E-state index contributed by atoms with van der Waals surface area (Å²) in [4.78, 5) is 9.62. The van der Waals surface area contributed by atoms with E-state index in [1.165, 1.54) is 6.20 Å². The van der Waals surface area contributed by atoms with Gasteiger partial charge in [0.25, 0.3) is 6.43 Å². The van der Waals surface area contributed by atoms with Crippen LogP contribution >= 0.6 is 0 Å². The molecule has 21 heavy (non-hydrogen) atoms. The van der Waals surface area contributed by atoms with Gasteiger partial charge in [-0.3, -0.25) is 0 Å². The predicted octanol–water partition coefficient (Wildman–Crippen LogP) is 2.38. The Morgan fingerprint density at radius 2 is 1.95 bits per heavy atom. The minimum atomic E-state index is -2.62. The molecule has 1 saturated heterocycles. The minimum absolute atomic E-state index is 0.0160. The van der Waals surface area contributed by atoms with Gasteiger partial charge in [0.2, 0.25) is 0 Å². The Hall–Kier alpha value is -2.08. The highest BCUT2D eigenvalue weighted by atomic mass is 19.3. The molecule has 0 bridgehead atoms. The summed E-state index contributed by atoms with van der Waals surface area (Å²) < 4.78 is 24.9. The molecule has 1 aromatic carbocycles. The number of rotatable bonds is 4. The quantitative estimate of drug-likeness (QED) is 0.939. The standard InChI is InChI=1S/C15H15F2N3O/c16-15(17)12-6-19-14(7-18-12)20-8-11(13(20)9-21)10-4-2-1-3-5-10/h1-7,11,13,15,21H,8-9H2/t11-,13-/m1/s1. The van der Waals surface area contributed by atoms with Gasteiger partial charge in [0.05, 0.1) is 25.0 Å². The molecular formula is C15H15F2N3O. The molecule has 3 rings (SSSR count). The Balaban J connectivity index is 1.76. The summed E-state index contributed by atoms with van der Waals surface area (Å²) in [6, 6.07) is 9.82. The molecule has 2 atom stereocenters. The van der Waals surface area contributed by atoms with E-state index in [4.69, 9.17) is 0 Å². The fraction of sp³-hybridized carbons (Fsp3) is 0.333. The second-order valence-corrected chi connectivity index (χ2v) is 5.02. The van der Waals surface area contributed by atoms with Crippen LogP contribution in [0.15, 0.2) is 42.7 Å². The smallest absolute Gasteiger partial charge is 0.281 e. The van der Waals surface area contributed by atoms with Crippen LogP contribution in [0.3, 0.4) is 0 Å². The van der Waals surface area contributed by atoms with Gasteiger partial charge in [-0.05, 0) is 5.56 Å². The molecular weight excluding hydrogens is 276 g/mol. The number of alkyl halides is 2. The average Bonchev–Trinajstić information content (AvgIpc) is 2.48. The Labute approximate surface area is 121 Å². The summed E-state index contributed by atoms with van der Waals surface area (Å²) in [6.07, 6.45) is -0.191. The van der Waals surface area contributed by atoms with Gasteiger partial charge in [0.1, 0.15) is 11.5 Å². The van der Waals surface area contributed by atoms with E-state index >= 15 is 0 Å². The van der Waals surface area contributed by atoms with Crippen LogP contribution in [0.5, 0.6) is 0 Å². The van der Waals surface area contributed by atoms with Crippen LogP contribution in [0.25, 0.3) is 0 Å². The van der Waals surface area contributed by atoms with Crippen LogP contribution in [-0.2, 0) is 0 Å². The molecule has 110 valence electrons. The van der Waals surface area contributed by atoms with Gasteiger partial charge in [-0.1, -0.05) is 30.3 Å². The molecule has 1 aromatic heterocycles. The number of nitrogens with zero attached hydrogens (tertiary/aromatic N) is 3. The average molecular weight is 291 g/mol. The van der Waals surface area contributed by atoms with Crippen molar-refractivity contribution < 1.29 is 13.9 Å². The lowest BCUT2D eigenvalue weighted by Crippen LogP contribution is -2.57. The largest absolute Gasteiger partial charge is 0.394 e. The van der Waals surface area contributed by atoms with Crippen LogP contribution < -0.4 is 4.90 Å². The van der Waals surface area contributed by atoms with Crippen molar-refractivity contribution in [1.82, 2.24) is 9.97 Å². The van der Waals surface area contributed by atoms with E-state index in [0.29, 0.717) is 12.4 Å². The first-order chi connectivity index (χ1) is 10.2. The maximum Gasteiger partial charge on any atom is 0.281 e. The molecule has 2 heterocycles. The number of aromatic nitrogens is 2. The number of halogens is 2. The lowest BCUT2D eigenvalue weighted by molar-refractivity contribution is 0.145. The molecule has 1 aliphatic rings. The number of aliphatic hydroxyl groups is 1. The Morgan fingerprint density at radius 1 is 1.19 bits per heavy atom. The van der Waals surface area contributed by atoms with Gasteiger partial charge in [-0.15, -0.1) is 0 Å². The third-order valence-electron chi connectivity index (χ3n) is 3.85. The third kappa shape index (κ3) is 2.58. The lowest BCUT2D eigenvalue weighted by Gasteiger charge is -2.48. The number of aliphatic hydroxyl groups excluding tert-OH is 1. The summed E-state index contributed by atoms with van der Waals surface area (Å²) >= 11 is 0. The zero-order chi connectivity index (χ0) is 14.8. The molecule has 0 amide bonds. The van der Waals surface area contributed by atoms with E-state index in [2.05, 4.69) is 9.97 Å². The third-order valence-corrected chi connectivity index (χ3v) is 3.85. The molecule has 1 N–H and O–H groups in total. The Morgan fingerprint density at radius 3 is 2.52 bits per heavy atom. The molecule has 4 nitrogen and oxygen atoms in total. The van der Waals surface area contributed by atoms with E-state index in [0.717, 1.165) is 11.8 Å². The molecule has 2 aromatic rings. The summed E-state index contributed by atoms with van der Waals surface area (Å²) in [7, 11) is 0. The number of hydrogen-bond donors (Lipinski definition) is 1. The van der Waals surface area contributed by atoms with Crippen molar-refractivity contribution in [2.24, 2.45) is 0 Å². The van der Waals surface area contributed by atoms with Crippen LogP contribution in [0.4, 0.5) is 14.6 Å². The van der Waals surface area contributed by atoms with Crippen molar-refractivity contribution in [2.75, 3.05) is 18.1 Å². The van der Waals surface area contributed by atoms with Gasteiger partial charge >= 0.3 is 0 Å². The van der Waals surface area contributed by atoms with Gasteiger partial charge in [0, 0.05) is 12.5 Å². The summed E-state index contributed by atoms with van der Waals surface area (Å²) in [5, 5.41) is 9.58. The summed E-state index contributed by atoms with van der Waals surface area (Å²) in [5.41, 5.74) is 0.824. The second-order valence-electron chi connectivity index (χ2n) is 5.02.